The Morgan fingerprint density at radius 3 is 2.75 bits per heavy atom. The van der Waals surface area contributed by atoms with Crippen LogP contribution in [0.3, 0.4) is 0 Å². The van der Waals surface area contributed by atoms with Crippen molar-refractivity contribution < 1.29 is 14.6 Å². The van der Waals surface area contributed by atoms with Gasteiger partial charge in [0.2, 0.25) is 5.91 Å². The second-order valence-electron chi connectivity index (χ2n) is 9.74. The largest absolute Gasteiger partial charge is 0.488 e. The van der Waals surface area contributed by atoms with E-state index in [0.29, 0.717) is 17.4 Å². The zero-order valence-electron chi connectivity index (χ0n) is 16.5. The summed E-state index contributed by atoms with van der Waals surface area (Å²) in [6, 6.07) is 6.32. The summed E-state index contributed by atoms with van der Waals surface area (Å²) in [6.07, 6.45) is 6.02. The topological polar surface area (TPSA) is 71.5 Å². The van der Waals surface area contributed by atoms with Crippen LogP contribution in [0.1, 0.15) is 52.4 Å². The van der Waals surface area contributed by atoms with Crippen molar-refractivity contribution in [2.24, 2.45) is 17.3 Å². The third-order valence-electron chi connectivity index (χ3n) is 7.15. The number of ether oxygens (including phenoxy) is 1. The number of rotatable bonds is 5. The Bertz CT molecular complexity index is 883. The highest BCUT2D eigenvalue weighted by molar-refractivity contribution is 7.16. The minimum absolute atomic E-state index is 0.0710. The van der Waals surface area contributed by atoms with Gasteiger partial charge in [-0.15, -0.1) is 11.3 Å². The van der Waals surface area contributed by atoms with Crippen molar-refractivity contribution in [3.63, 3.8) is 0 Å². The summed E-state index contributed by atoms with van der Waals surface area (Å²) in [7, 11) is 0. The smallest absolute Gasteiger partial charge is 0.223 e. The third-order valence-corrected chi connectivity index (χ3v) is 7.94. The van der Waals surface area contributed by atoms with E-state index >= 15 is 0 Å². The van der Waals surface area contributed by atoms with E-state index in [1.807, 2.05) is 37.6 Å². The predicted octanol–water partition coefficient (Wildman–Crippen LogP) is 3.90. The summed E-state index contributed by atoms with van der Waals surface area (Å²) in [5, 5.41) is 13.3. The van der Waals surface area contributed by atoms with E-state index in [1.165, 1.54) is 0 Å². The molecule has 0 atom stereocenters. The van der Waals surface area contributed by atoms with Crippen molar-refractivity contribution in [2.45, 2.75) is 70.1 Å². The Morgan fingerprint density at radius 2 is 2.04 bits per heavy atom. The van der Waals surface area contributed by atoms with E-state index in [0.717, 1.165) is 54.5 Å². The first kappa shape index (κ1) is 18.4. The minimum Gasteiger partial charge on any atom is -0.488 e. The molecule has 2 aromatic rings. The Hall–Kier alpha value is -1.66. The number of benzene rings is 1. The van der Waals surface area contributed by atoms with Gasteiger partial charge in [0.05, 0.1) is 15.8 Å². The van der Waals surface area contributed by atoms with Gasteiger partial charge in [-0.25, -0.2) is 4.98 Å². The highest BCUT2D eigenvalue weighted by atomic mass is 32.1. The third kappa shape index (κ3) is 3.20. The minimum atomic E-state index is -0.566. The molecule has 0 unspecified atom stereocenters. The molecular formula is C22H28N2O3S. The fourth-order valence-electron chi connectivity index (χ4n) is 5.24. The molecule has 0 aliphatic heterocycles. The molecule has 0 radical (unpaired) electrons. The molecular weight excluding hydrogens is 372 g/mol. The monoisotopic (exact) mass is 400 g/mol. The fraction of sp³-hybridized carbons (Fsp3) is 0.636. The normalized spacial score (nSPS) is 34.4. The lowest BCUT2D eigenvalue weighted by molar-refractivity contribution is -0.144. The van der Waals surface area contributed by atoms with E-state index in [-0.39, 0.29) is 17.9 Å². The van der Waals surface area contributed by atoms with E-state index < -0.39 is 5.60 Å². The molecule has 1 amide bonds. The van der Waals surface area contributed by atoms with Crippen molar-refractivity contribution in [2.75, 3.05) is 0 Å². The molecule has 1 aromatic carbocycles. The Morgan fingerprint density at radius 1 is 1.29 bits per heavy atom. The second kappa shape index (κ2) is 6.42. The zero-order valence-corrected chi connectivity index (χ0v) is 17.3. The maximum atomic E-state index is 12.5. The number of carbonyl (C=O) groups is 1. The number of hydrogen-bond donors (Lipinski definition) is 2. The molecule has 1 aromatic heterocycles. The molecule has 3 aliphatic rings. The van der Waals surface area contributed by atoms with Crippen LogP contribution in [0.15, 0.2) is 23.7 Å². The molecule has 150 valence electrons. The number of amides is 1. The van der Waals surface area contributed by atoms with E-state index in [9.17, 15) is 9.90 Å². The van der Waals surface area contributed by atoms with Crippen molar-refractivity contribution in [3.8, 4) is 5.75 Å². The van der Waals surface area contributed by atoms with Gasteiger partial charge < -0.3 is 15.2 Å². The Balaban J connectivity index is 1.06. The van der Waals surface area contributed by atoms with Crippen LogP contribution in [0.5, 0.6) is 5.75 Å². The standard InChI is InChI=1S/C22H28N2O3S/c1-21(2,26)14-8-22(9-14)10-15(11-22)24-20(25)13-6-16(7-13)27-17-4-3-5-18-19(17)23-12-28-18/h3-5,12-16,26H,6-11H2,1-2H3,(H,24,25)/t13-,14?,15?,16-,22?. The number of thiazole rings is 1. The summed E-state index contributed by atoms with van der Waals surface area (Å²) in [6.45, 7) is 3.82. The zero-order chi connectivity index (χ0) is 19.5. The molecule has 3 fully saturated rings. The first-order valence-electron chi connectivity index (χ1n) is 10.3. The van der Waals surface area contributed by atoms with Crippen LogP contribution in [-0.2, 0) is 4.79 Å². The molecule has 1 heterocycles. The molecule has 5 nitrogen and oxygen atoms in total. The first-order valence-corrected chi connectivity index (χ1v) is 11.2. The summed E-state index contributed by atoms with van der Waals surface area (Å²) < 4.78 is 7.22. The van der Waals surface area contributed by atoms with Gasteiger partial charge in [-0.2, -0.15) is 0 Å². The first-order chi connectivity index (χ1) is 13.3. The van der Waals surface area contributed by atoms with E-state index in [1.54, 1.807) is 11.3 Å². The molecule has 6 heteroatoms. The molecule has 28 heavy (non-hydrogen) atoms. The van der Waals surface area contributed by atoms with Crippen LogP contribution in [0.2, 0.25) is 0 Å². The van der Waals surface area contributed by atoms with Gasteiger partial charge >= 0.3 is 0 Å². The SMILES string of the molecule is CC(C)(O)C1CC2(CC(NC(=O)[C@H]3C[C@H](Oc4cccc5scnc45)C3)C2)C1. The van der Waals surface area contributed by atoms with Crippen molar-refractivity contribution >= 4 is 27.5 Å². The number of carbonyl (C=O) groups excluding carboxylic acids is 1. The lowest BCUT2D eigenvalue weighted by Gasteiger charge is -2.60. The number of hydrogen-bond acceptors (Lipinski definition) is 5. The van der Waals surface area contributed by atoms with Gasteiger partial charge in [0.25, 0.3) is 0 Å². The molecule has 2 N–H and O–H groups in total. The van der Waals surface area contributed by atoms with E-state index in [2.05, 4.69) is 10.3 Å². The van der Waals surface area contributed by atoms with Crippen LogP contribution in [-0.4, -0.2) is 33.7 Å². The number of fused-ring (bicyclic) bond motifs is 1. The number of aromatic nitrogens is 1. The van der Waals surface area contributed by atoms with Gasteiger partial charge in [-0.1, -0.05) is 6.07 Å². The lowest BCUT2D eigenvalue weighted by Crippen LogP contribution is -2.60. The van der Waals surface area contributed by atoms with Gasteiger partial charge in [0.1, 0.15) is 17.4 Å². The highest BCUT2D eigenvalue weighted by Gasteiger charge is 2.56. The molecule has 0 saturated heterocycles. The summed E-state index contributed by atoms with van der Waals surface area (Å²) in [5.74, 6) is 1.50. The van der Waals surface area contributed by atoms with Crippen molar-refractivity contribution in [1.82, 2.24) is 10.3 Å². The van der Waals surface area contributed by atoms with Crippen molar-refractivity contribution in [3.05, 3.63) is 23.7 Å². The molecule has 0 bridgehead atoms. The van der Waals surface area contributed by atoms with Crippen LogP contribution in [0.4, 0.5) is 0 Å². The number of nitrogens with one attached hydrogen (secondary N) is 1. The van der Waals surface area contributed by atoms with Crippen LogP contribution >= 0.6 is 11.3 Å². The predicted molar refractivity (Wildman–Crippen MR) is 109 cm³/mol. The summed E-state index contributed by atoms with van der Waals surface area (Å²) in [4.78, 5) is 16.9. The fourth-order valence-corrected chi connectivity index (χ4v) is 5.93. The van der Waals surface area contributed by atoms with Crippen LogP contribution in [0.25, 0.3) is 10.2 Å². The van der Waals surface area contributed by atoms with Crippen LogP contribution < -0.4 is 10.1 Å². The quantitative estimate of drug-likeness (QED) is 0.798. The van der Waals surface area contributed by atoms with Crippen molar-refractivity contribution in [1.29, 1.82) is 0 Å². The van der Waals surface area contributed by atoms with E-state index in [4.69, 9.17) is 4.74 Å². The maximum Gasteiger partial charge on any atom is 0.223 e. The van der Waals surface area contributed by atoms with Gasteiger partial charge in [-0.3, -0.25) is 4.79 Å². The average Bonchev–Trinajstić information content (AvgIpc) is 2.99. The highest BCUT2D eigenvalue weighted by Crippen LogP contribution is 2.61. The Kier molecular flexibility index (Phi) is 4.22. The molecule has 5 rings (SSSR count). The molecule has 1 spiro atoms. The van der Waals surface area contributed by atoms with Gasteiger partial charge in [0, 0.05) is 12.0 Å². The molecule has 3 aliphatic carbocycles. The molecule has 3 saturated carbocycles. The second-order valence-corrected chi connectivity index (χ2v) is 10.6. The number of aliphatic hydroxyl groups is 1. The maximum absolute atomic E-state index is 12.5. The van der Waals surface area contributed by atoms with Gasteiger partial charge in [0.15, 0.2) is 0 Å². The van der Waals surface area contributed by atoms with Gasteiger partial charge in [-0.05, 0) is 75.8 Å². The van der Waals surface area contributed by atoms with Crippen LogP contribution in [0, 0.1) is 17.3 Å². The Labute approximate surface area is 169 Å². The number of para-hydroxylation sites is 1. The summed E-state index contributed by atoms with van der Waals surface area (Å²) >= 11 is 1.61. The number of nitrogens with zero attached hydrogens (tertiary/aromatic N) is 1. The lowest BCUT2D eigenvalue weighted by atomic mass is 9.47. The average molecular weight is 401 g/mol. The summed E-state index contributed by atoms with van der Waals surface area (Å²) in [5.41, 5.74) is 2.58.